The van der Waals surface area contributed by atoms with E-state index in [-0.39, 0.29) is 11.8 Å². The van der Waals surface area contributed by atoms with E-state index >= 15 is 0 Å². The molecule has 4 rings (SSSR count). The van der Waals surface area contributed by atoms with E-state index < -0.39 is 0 Å². The van der Waals surface area contributed by atoms with Crippen molar-refractivity contribution in [3.05, 3.63) is 102 Å². The Hall–Kier alpha value is -3.99. The summed E-state index contributed by atoms with van der Waals surface area (Å²) >= 11 is 0. The molecule has 1 heterocycles. The summed E-state index contributed by atoms with van der Waals surface area (Å²) in [5.74, 6) is -0.495. The van der Waals surface area contributed by atoms with Crippen molar-refractivity contribution in [3.63, 3.8) is 0 Å². The van der Waals surface area contributed by atoms with E-state index in [9.17, 15) is 9.59 Å². The topological polar surface area (TPSA) is 71.1 Å². The number of aromatic nitrogens is 1. The van der Waals surface area contributed by atoms with Crippen molar-refractivity contribution < 1.29 is 9.59 Å². The molecule has 0 aliphatic heterocycles. The largest absolute Gasteiger partial charge is 0.320 e. The number of amides is 2. The first-order chi connectivity index (χ1) is 14.1. The minimum absolute atomic E-state index is 0.238. The van der Waals surface area contributed by atoms with Crippen LogP contribution in [-0.4, -0.2) is 16.8 Å². The lowest BCUT2D eigenvalue weighted by Crippen LogP contribution is -2.17. The molecule has 4 aromatic rings. The number of nitrogens with one attached hydrogen (secondary N) is 2. The molecule has 0 unspecified atom stereocenters. The Labute approximate surface area is 168 Å². The summed E-state index contributed by atoms with van der Waals surface area (Å²) in [6.45, 7) is 1.86. The smallest absolute Gasteiger partial charge is 0.256 e. The normalized spacial score (nSPS) is 10.5. The van der Waals surface area contributed by atoms with Gasteiger partial charge in [0.15, 0.2) is 0 Å². The van der Waals surface area contributed by atoms with Gasteiger partial charge in [0.25, 0.3) is 11.8 Å². The van der Waals surface area contributed by atoms with Crippen LogP contribution in [0.5, 0.6) is 0 Å². The Balaban J connectivity index is 1.63. The number of fused-ring (bicyclic) bond motifs is 1. The number of hydrogen-bond donors (Lipinski definition) is 2. The standard InChI is InChI=1S/C24H19N3O2/c1-16-15-19(18-11-5-6-12-20(18)25-16)24(29)27-22-14-8-7-13-21(22)26-23(28)17-9-3-2-4-10-17/h2-15H,1H3,(H,26,28)(H,27,29). The van der Waals surface area contributed by atoms with E-state index in [4.69, 9.17) is 0 Å². The van der Waals surface area contributed by atoms with E-state index in [0.717, 1.165) is 16.6 Å². The summed E-state index contributed by atoms with van der Waals surface area (Å²) in [4.78, 5) is 30.0. The summed E-state index contributed by atoms with van der Waals surface area (Å²) in [6.07, 6.45) is 0. The van der Waals surface area contributed by atoms with Gasteiger partial charge in [0.05, 0.1) is 22.5 Å². The summed E-state index contributed by atoms with van der Waals surface area (Å²) in [5, 5.41) is 6.57. The number of anilines is 2. The van der Waals surface area contributed by atoms with Gasteiger partial charge in [0.1, 0.15) is 0 Å². The number of para-hydroxylation sites is 3. The first-order valence-corrected chi connectivity index (χ1v) is 9.25. The van der Waals surface area contributed by atoms with Gasteiger partial charge < -0.3 is 10.6 Å². The lowest BCUT2D eigenvalue weighted by atomic mass is 10.1. The predicted molar refractivity (Wildman–Crippen MR) is 115 cm³/mol. The lowest BCUT2D eigenvalue weighted by Gasteiger charge is -2.13. The average Bonchev–Trinajstić information content (AvgIpc) is 2.75. The molecule has 5 heteroatoms. The third-order valence-corrected chi connectivity index (χ3v) is 4.55. The SMILES string of the molecule is Cc1cc(C(=O)Nc2ccccc2NC(=O)c2ccccc2)c2ccccc2n1. The highest BCUT2D eigenvalue weighted by molar-refractivity contribution is 6.14. The Kier molecular flexibility index (Phi) is 5.03. The first-order valence-electron chi connectivity index (χ1n) is 9.25. The van der Waals surface area contributed by atoms with E-state index in [1.165, 1.54) is 0 Å². The van der Waals surface area contributed by atoms with E-state index in [0.29, 0.717) is 22.5 Å². The Morgan fingerprint density at radius 1 is 0.724 bits per heavy atom. The number of nitrogens with zero attached hydrogens (tertiary/aromatic N) is 1. The highest BCUT2D eigenvalue weighted by atomic mass is 16.2. The lowest BCUT2D eigenvalue weighted by molar-refractivity contribution is 0.101. The molecular formula is C24H19N3O2. The Morgan fingerprint density at radius 3 is 2.03 bits per heavy atom. The fourth-order valence-corrected chi connectivity index (χ4v) is 3.17. The Morgan fingerprint density at radius 2 is 1.31 bits per heavy atom. The van der Waals surface area contributed by atoms with Crippen molar-refractivity contribution in [2.24, 2.45) is 0 Å². The summed E-state index contributed by atoms with van der Waals surface area (Å²) in [5.41, 5.74) is 3.68. The molecule has 0 atom stereocenters. The van der Waals surface area contributed by atoms with E-state index in [2.05, 4.69) is 15.6 Å². The molecule has 3 aromatic carbocycles. The van der Waals surface area contributed by atoms with Crippen LogP contribution in [0.15, 0.2) is 84.9 Å². The number of hydrogen-bond acceptors (Lipinski definition) is 3. The van der Waals surface area contributed by atoms with Crippen molar-refractivity contribution in [2.45, 2.75) is 6.92 Å². The second kappa shape index (κ2) is 7.94. The molecule has 0 radical (unpaired) electrons. The van der Waals surface area contributed by atoms with Crippen molar-refractivity contribution in [3.8, 4) is 0 Å². The van der Waals surface area contributed by atoms with Gasteiger partial charge >= 0.3 is 0 Å². The van der Waals surface area contributed by atoms with Crippen LogP contribution in [0.1, 0.15) is 26.4 Å². The van der Waals surface area contributed by atoms with Gasteiger partial charge in [-0.15, -0.1) is 0 Å². The summed E-state index contributed by atoms with van der Waals surface area (Å²) in [6, 6.07) is 25.4. The zero-order valence-electron chi connectivity index (χ0n) is 15.8. The van der Waals surface area contributed by atoms with Gasteiger partial charge in [-0.3, -0.25) is 14.6 Å². The number of carbonyl (C=O) groups is 2. The third kappa shape index (κ3) is 3.99. The van der Waals surface area contributed by atoms with Crippen LogP contribution >= 0.6 is 0 Å². The molecule has 29 heavy (non-hydrogen) atoms. The van der Waals surface area contributed by atoms with Gasteiger partial charge in [-0.05, 0) is 43.3 Å². The quantitative estimate of drug-likeness (QED) is 0.520. The van der Waals surface area contributed by atoms with Crippen LogP contribution in [0.25, 0.3) is 10.9 Å². The molecule has 0 fully saturated rings. The molecule has 0 saturated heterocycles. The highest BCUT2D eigenvalue weighted by Crippen LogP contribution is 2.24. The van der Waals surface area contributed by atoms with E-state index in [1.807, 2.05) is 49.4 Å². The number of benzene rings is 3. The second-order valence-electron chi connectivity index (χ2n) is 6.65. The van der Waals surface area contributed by atoms with Crippen LogP contribution in [0.2, 0.25) is 0 Å². The van der Waals surface area contributed by atoms with Gasteiger partial charge in [-0.2, -0.15) is 0 Å². The van der Waals surface area contributed by atoms with E-state index in [1.54, 1.807) is 42.5 Å². The number of pyridine rings is 1. The second-order valence-corrected chi connectivity index (χ2v) is 6.65. The molecule has 2 N–H and O–H groups in total. The van der Waals surface area contributed by atoms with Crippen LogP contribution < -0.4 is 10.6 Å². The molecule has 142 valence electrons. The fraction of sp³-hybridized carbons (Fsp3) is 0.0417. The van der Waals surface area contributed by atoms with Gasteiger partial charge in [-0.1, -0.05) is 48.5 Å². The minimum Gasteiger partial charge on any atom is -0.320 e. The molecule has 0 spiro atoms. The van der Waals surface area contributed by atoms with Crippen molar-refractivity contribution in [2.75, 3.05) is 10.6 Å². The molecule has 0 bridgehead atoms. The molecule has 1 aromatic heterocycles. The maximum atomic E-state index is 13.0. The average molecular weight is 381 g/mol. The molecular weight excluding hydrogens is 362 g/mol. The highest BCUT2D eigenvalue weighted by Gasteiger charge is 2.15. The molecule has 5 nitrogen and oxygen atoms in total. The van der Waals surface area contributed by atoms with Crippen molar-refractivity contribution >= 4 is 34.1 Å². The molecule has 0 aliphatic rings. The predicted octanol–water partition coefficient (Wildman–Crippen LogP) is 5.05. The first kappa shape index (κ1) is 18.4. The van der Waals surface area contributed by atoms with Crippen molar-refractivity contribution in [1.29, 1.82) is 0 Å². The fourth-order valence-electron chi connectivity index (χ4n) is 3.17. The number of rotatable bonds is 4. The minimum atomic E-state index is -0.256. The van der Waals surface area contributed by atoms with Crippen LogP contribution in [0, 0.1) is 6.92 Å². The van der Waals surface area contributed by atoms with Crippen LogP contribution in [-0.2, 0) is 0 Å². The zero-order valence-corrected chi connectivity index (χ0v) is 15.8. The van der Waals surface area contributed by atoms with Crippen molar-refractivity contribution in [1.82, 2.24) is 4.98 Å². The van der Waals surface area contributed by atoms with Gasteiger partial charge in [0, 0.05) is 16.6 Å². The maximum Gasteiger partial charge on any atom is 0.256 e. The molecule has 2 amide bonds. The Bertz CT molecular complexity index is 1200. The van der Waals surface area contributed by atoms with Crippen LogP contribution in [0.4, 0.5) is 11.4 Å². The molecule has 0 saturated carbocycles. The zero-order chi connectivity index (χ0) is 20.2. The number of carbonyl (C=O) groups excluding carboxylic acids is 2. The summed E-state index contributed by atoms with van der Waals surface area (Å²) < 4.78 is 0. The van der Waals surface area contributed by atoms with Gasteiger partial charge in [-0.25, -0.2) is 0 Å². The van der Waals surface area contributed by atoms with Gasteiger partial charge in [0.2, 0.25) is 0 Å². The maximum absolute atomic E-state index is 13.0. The molecule has 0 aliphatic carbocycles. The monoisotopic (exact) mass is 381 g/mol. The summed E-state index contributed by atoms with van der Waals surface area (Å²) in [7, 11) is 0. The third-order valence-electron chi connectivity index (χ3n) is 4.55. The van der Waals surface area contributed by atoms with Crippen LogP contribution in [0.3, 0.4) is 0 Å². The number of aryl methyl sites for hydroxylation is 1.